The summed E-state index contributed by atoms with van der Waals surface area (Å²) in [6, 6.07) is 14.2. The van der Waals surface area contributed by atoms with Gasteiger partial charge >= 0.3 is 0 Å². The zero-order chi connectivity index (χ0) is 13.1. The van der Waals surface area contributed by atoms with Crippen LogP contribution in [-0.2, 0) is 0 Å². The summed E-state index contributed by atoms with van der Waals surface area (Å²) in [7, 11) is 0. The number of hydrogen-bond donors (Lipinski definition) is 1. The van der Waals surface area contributed by atoms with Gasteiger partial charge in [-0.3, -0.25) is 0 Å². The molecule has 0 radical (unpaired) electrons. The maximum atomic E-state index is 6.27. The second kappa shape index (κ2) is 5.41. The molecular weight excluding hydrogens is 234 g/mol. The second-order valence-corrected chi connectivity index (χ2v) is 5.03. The van der Waals surface area contributed by atoms with Gasteiger partial charge in [0.25, 0.3) is 0 Å². The van der Waals surface area contributed by atoms with E-state index in [2.05, 4.69) is 34.1 Å². The van der Waals surface area contributed by atoms with Crippen molar-refractivity contribution in [2.75, 3.05) is 18.0 Å². The predicted molar refractivity (Wildman–Crippen MR) is 78.2 cm³/mol. The molecule has 0 aliphatic carbocycles. The zero-order valence-corrected chi connectivity index (χ0v) is 11.0. The van der Waals surface area contributed by atoms with E-state index in [0.717, 1.165) is 30.0 Å². The lowest BCUT2D eigenvalue weighted by molar-refractivity contribution is 0.856. The van der Waals surface area contributed by atoms with E-state index >= 15 is 0 Å². The number of benzene rings is 1. The van der Waals surface area contributed by atoms with E-state index in [0.29, 0.717) is 0 Å². The highest BCUT2D eigenvalue weighted by atomic mass is 15.2. The molecule has 1 atom stereocenters. The first-order valence-corrected chi connectivity index (χ1v) is 6.86. The van der Waals surface area contributed by atoms with Crippen LogP contribution in [0.25, 0.3) is 0 Å². The number of anilines is 1. The molecule has 1 aromatic carbocycles. The summed E-state index contributed by atoms with van der Waals surface area (Å²) >= 11 is 0. The number of nitrogens with zero attached hydrogens (tertiary/aromatic N) is 2. The molecule has 1 aromatic heterocycles. The SMILES string of the molecule is N[C@H](c1ccccc1)c1ccc(N2CCCC2)nc1. The molecule has 1 aliphatic rings. The third kappa shape index (κ3) is 2.61. The normalized spacial score (nSPS) is 16.6. The lowest BCUT2D eigenvalue weighted by Crippen LogP contribution is -2.19. The molecule has 98 valence electrons. The van der Waals surface area contributed by atoms with Crippen LogP contribution in [0.1, 0.15) is 30.0 Å². The molecule has 2 heterocycles. The summed E-state index contributed by atoms with van der Waals surface area (Å²) in [5, 5.41) is 0. The fourth-order valence-corrected chi connectivity index (χ4v) is 2.57. The number of rotatable bonds is 3. The Bertz CT molecular complexity index is 515. The zero-order valence-electron chi connectivity index (χ0n) is 11.0. The van der Waals surface area contributed by atoms with Crippen molar-refractivity contribution in [3.05, 3.63) is 59.8 Å². The van der Waals surface area contributed by atoms with Gasteiger partial charge in [-0.15, -0.1) is 0 Å². The van der Waals surface area contributed by atoms with Gasteiger partial charge in [-0.25, -0.2) is 4.98 Å². The van der Waals surface area contributed by atoms with Gasteiger partial charge < -0.3 is 10.6 Å². The van der Waals surface area contributed by atoms with Crippen LogP contribution >= 0.6 is 0 Å². The fourth-order valence-electron chi connectivity index (χ4n) is 2.57. The Kier molecular flexibility index (Phi) is 3.47. The van der Waals surface area contributed by atoms with E-state index in [9.17, 15) is 0 Å². The van der Waals surface area contributed by atoms with Gasteiger partial charge in [0.2, 0.25) is 0 Å². The molecule has 2 aromatic rings. The first kappa shape index (κ1) is 12.2. The Labute approximate surface area is 114 Å². The van der Waals surface area contributed by atoms with Crippen molar-refractivity contribution in [2.24, 2.45) is 5.73 Å². The first-order valence-electron chi connectivity index (χ1n) is 6.86. The van der Waals surface area contributed by atoms with Crippen LogP contribution in [0.3, 0.4) is 0 Å². The highest BCUT2D eigenvalue weighted by Gasteiger charge is 2.14. The largest absolute Gasteiger partial charge is 0.357 e. The second-order valence-electron chi connectivity index (χ2n) is 5.03. The van der Waals surface area contributed by atoms with Gasteiger partial charge in [0.1, 0.15) is 5.82 Å². The molecule has 19 heavy (non-hydrogen) atoms. The maximum Gasteiger partial charge on any atom is 0.128 e. The van der Waals surface area contributed by atoms with Crippen molar-refractivity contribution in [2.45, 2.75) is 18.9 Å². The van der Waals surface area contributed by atoms with Crippen LogP contribution in [0.4, 0.5) is 5.82 Å². The van der Waals surface area contributed by atoms with Gasteiger partial charge in [0.05, 0.1) is 6.04 Å². The Hall–Kier alpha value is -1.87. The van der Waals surface area contributed by atoms with Gasteiger partial charge in [0, 0.05) is 19.3 Å². The third-order valence-corrected chi connectivity index (χ3v) is 3.72. The summed E-state index contributed by atoms with van der Waals surface area (Å²) < 4.78 is 0. The van der Waals surface area contributed by atoms with Crippen molar-refractivity contribution in [3.8, 4) is 0 Å². The minimum atomic E-state index is -0.0960. The van der Waals surface area contributed by atoms with E-state index in [1.165, 1.54) is 12.8 Å². The molecule has 1 aliphatic heterocycles. The Morgan fingerprint density at radius 1 is 0.947 bits per heavy atom. The summed E-state index contributed by atoms with van der Waals surface area (Å²) in [5.74, 6) is 1.07. The molecule has 3 heteroatoms. The fraction of sp³-hybridized carbons (Fsp3) is 0.312. The molecule has 0 saturated carbocycles. The van der Waals surface area contributed by atoms with Crippen LogP contribution in [0.2, 0.25) is 0 Å². The molecular formula is C16H19N3. The molecule has 3 nitrogen and oxygen atoms in total. The van der Waals surface area contributed by atoms with Gasteiger partial charge in [-0.1, -0.05) is 36.4 Å². The lowest BCUT2D eigenvalue weighted by Gasteiger charge is -2.18. The van der Waals surface area contributed by atoms with Crippen molar-refractivity contribution >= 4 is 5.82 Å². The minimum Gasteiger partial charge on any atom is -0.357 e. The summed E-state index contributed by atoms with van der Waals surface area (Å²) in [5.41, 5.74) is 8.45. The van der Waals surface area contributed by atoms with E-state index in [1.807, 2.05) is 24.4 Å². The Morgan fingerprint density at radius 3 is 2.32 bits per heavy atom. The van der Waals surface area contributed by atoms with Crippen LogP contribution in [0.15, 0.2) is 48.7 Å². The van der Waals surface area contributed by atoms with Gasteiger partial charge in [-0.2, -0.15) is 0 Å². The molecule has 1 fully saturated rings. The minimum absolute atomic E-state index is 0.0960. The lowest BCUT2D eigenvalue weighted by atomic mass is 10.0. The molecule has 0 amide bonds. The Balaban J connectivity index is 1.78. The van der Waals surface area contributed by atoms with Crippen molar-refractivity contribution in [1.29, 1.82) is 0 Å². The number of aromatic nitrogens is 1. The summed E-state index contributed by atoms with van der Waals surface area (Å²) in [4.78, 5) is 6.88. The average molecular weight is 253 g/mol. The molecule has 2 N–H and O–H groups in total. The van der Waals surface area contributed by atoms with Crippen molar-refractivity contribution in [3.63, 3.8) is 0 Å². The van der Waals surface area contributed by atoms with Crippen LogP contribution in [0.5, 0.6) is 0 Å². The maximum absolute atomic E-state index is 6.27. The molecule has 0 spiro atoms. The topological polar surface area (TPSA) is 42.1 Å². The molecule has 3 rings (SSSR count). The third-order valence-electron chi connectivity index (χ3n) is 3.72. The van der Waals surface area contributed by atoms with Crippen LogP contribution in [-0.4, -0.2) is 18.1 Å². The number of nitrogens with two attached hydrogens (primary N) is 1. The highest BCUT2D eigenvalue weighted by Crippen LogP contribution is 2.22. The average Bonchev–Trinajstić information content (AvgIpc) is 3.02. The quantitative estimate of drug-likeness (QED) is 0.914. The van der Waals surface area contributed by atoms with Crippen LogP contribution in [0, 0.1) is 0 Å². The first-order chi connectivity index (χ1) is 9.34. The smallest absolute Gasteiger partial charge is 0.128 e. The highest BCUT2D eigenvalue weighted by molar-refractivity contribution is 5.42. The summed E-state index contributed by atoms with van der Waals surface area (Å²) in [6.45, 7) is 2.24. The van der Waals surface area contributed by atoms with E-state index < -0.39 is 0 Å². The number of hydrogen-bond acceptors (Lipinski definition) is 3. The molecule has 0 unspecified atom stereocenters. The monoisotopic (exact) mass is 253 g/mol. The van der Waals surface area contributed by atoms with Crippen molar-refractivity contribution < 1.29 is 0 Å². The number of pyridine rings is 1. The van der Waals surface area contributed by atoms with E-state index in [-0.39, 0.29) is 6.04 Å². The van der Waals surface area contributed by atoms with Gasteiger partial charge in [0.15, 0.2) is 0 Å². The van der Waals surface area contributed by atoms with Crippen LogP contribution < -0.4 is 10.6 Å². The molecule has 0 bridgehead atoms. The van der Waals surface area contributed by atoms with Crippen molar-refractivity contribution in [1.82, 2.24) is 4.98 Å². The Morgan fingerprint density at radius 2 is 1.68 bits per heavy atom. The standard InChI is InChI=1S/C16H19N3/c17-16(13-6-2-1-3-7-13)14-8-9-15(18-12-14)19-10-4-5-11-19/h1-3,6-9,12,16H,4-5,10-11,17H2/t16-/m1/s1. The van der Waals surface area contributed by atoms with Gasteiger partial charge in [-0.05, 0) is 30.0 Å². The molecule has 1 saturated heterocycles. The predicted octanol–water partition coefficient (Wildman–Crippen LogP) is 2.73. The van der Waals surface area contributed by atoms with E-state index in [1.54, 1.807) is 0 Å². The van der Waals surface area contributed by atoms with E-state index in [4.69, 9.17) is 5.73 Å². The summed E-state index contributed by atoms with van der Waals surface area (Å²) in [6.07, 6.45) is 4.45.